The van der Waals surface area contributed by atoms with Crippen molar-refractivity contribution in [3.05, 3.63) is 29.0 Å². The summed E-state index contributed by atoms with van der Waals surface area (Å²) in [4.78, 5) is 18.2. The van der Waals surface area contributed by atoms with E-state index in [-0.39, 0.29) is 31.8 Å². The highest BCUT2D eigenvalue weighted by Crippen LogP contribution is 2.23. The number of rotatable bonds is 3. The van der Waals surface area contributed by atoms with Crippen molar-refractivity contribution in [1.29, 1.82) is 0 Å². The minimum Gasteiger partial charge on any atom is -0.394 e. The molecule has 8 heteroatoms. The third kappa shape index (κ3) is 2.99. The number of fused-ring (bicyclic) bond motifs is 1. The summed E-state index contributed by atoms with van der Waals surface area (Å²) in [6, 6.07) is 4.83. The average Bonchev–Trinajstić information content (AvgIpc) is 3.06. The molecule has 0 radical (unpaired) electrons. The van der Waals surface area contributed by atoms with Gasteiger partial charge in [-0.25, -0.2) is 9.78 Å². The number of aryl methyl sites for hydroxylation is 1. The summed E-state index contributed by atoms with van der Waals surface area (Å²) in [5, 5.41) is 22.3. The Kier molecular flexibility index (Phi) is 4.43. The molecule has 1 aromatic heterocycles. The number of β-amino-alcohol motifs (C(OH)–C–C–N with tert-alkyl or cyclic N) is 1. The number of hydrogen-bond acceptors (Lipinski definition) is 4. The molecule has 1 aromatic carbocycles. The van der Waals surface area contributed by atoms with Gasteiger partial charge >= 0.3 is 6.03 Å². The first-order valence-electron chi connectivity index (χ1n) is 7.44. The van der Waals surface area contributed by atoms with Crippen LogP contribution in [0.15, 0.2) is 18.2 Å². The Bertz CT molecular complexity index is 733. The van der Waals surface area contributed by atoms with Crippen LogP contribution in [0.3, 0.4) is 0 Å². The lowest BCUT2D eigenvalue weighted by atomic mass is 10.2. The van der Waals surface area contributed by atoms with Crippen molar-refractivity contribution in [2.24, 2.45) is 7.05 Å². The van der Waals surface area contributed by atoms with Crippen LogP contribution in [0.4, 0.5) is 4.79 Å². The molecule has 0 aliphatic carbocycles. The summed E-state index contributed by atoms with van der Waals surface area (Å²) in [5.41, 5.74) is 1.59. The maximum atomic E-state index is 12.3. The highest BCUT2D eigenvalue weighted by atomic mass is 35.5. The van der Waals surface area contributed by atoms with Crippen molar-refractivity contribution >= 4 is 28.7 Å². The van der Waals surface area contributed by atoms with Gasteiger partial charge < -0.3 is 25.0 Å². The molecule has 1 saturated heterocycles. The lowest BCUT2D eigenvalue weighted by molar-refractivity contribution is 0.154. The lowest BCUT2D eigenvalue weighted by Gasteiger charge is -2.22. The van der Waals surface area contributed by atoms with E-state index in [1.54, 1.807) is 6.07 Å². The van der Waals surface area contributed by atoms with E-state index in [9.17, 15) is 15.0 Å². The predicted octanol–water partition coefficient (Wildman–Crippen LogP) is 0.864. The van der Waals surface area contributed by atoms with Crippen LogP contribution < -0.4 is 5.32 Å². The fourth-order valence-corrected chi connectivity index (χ4v) is 3.29. The first kappa shape index (κ1) is 16.0. The summed E-state index contributed by atoms with van der Waals surface area (Å²) in [7, 11) is 1.85. The maximum Gasteiger partial charge on any atom is 0.318 e. The Morgan fingerprint density at radius 3 is 3.00 bits per heavy atom. The van der Waals surface area contributed by atoms with E-state index >= 15 is 0 Å². The second-order valence-corrected chi connectivity index (χ2v) is 6.14. The van der Waals surface area contributed by atoms with Crippen LogP contribution in [0.2, 0.25) is 5.02 Å². The monoisotopic (exact) mass is 338 g/mol. The Hall–Kier alpha value is -1.83. The third-order valence-electron chi connectivity index (χ3n) is 4.20. The van der Waals surface area contributed by atoms with E-state index in [0.717, 1.165) is 11.0 Å². The first-order valence-corrected chi connectivity index (χ1v) is 7.82. The molecule has 0 unspecified atom stereocenters. The van der Waals surface area contributed by atoms with E-state index in [0.29, 0.717) is 17.3 Å². The first-order chi connectivity index (χ1) is 11.0. The molecule has 1 aliphatic rings. The molecule has 1 aliphatic heterocycles. The Labute approximate surface area is 138 Å². The van der Waals surface area contributed by atoms with Gasteiger partial charge in [0, 0.05) is 13.6 Å². The zero-order chi connectivity index (χ0) is 16.6. The molecule has 23 heavy (non-hydrogen) atoms. The molecule has 0 spiro atoms. The number of likely N-dealkylation sites (tertiary alicyclic amines) is 1. The van der Waals surface area contributed by atoms with Crippen molar-refractivity contribution in [2.75, 3.05) is 13.2 Å². The molecule has 0 saturated carbocycles. The van der Waals surface area contributed by atoms with E-state index < -0.39 is 6.10 Å². The molecule has 1 fully saturated rings. The SMILES string of the molecule is Cn1c(CNC(=O)N2C[C@@H](O)C[C@H]2CO)nc2cccc(Cl)c21. The zero-order valence-electron chi connectivity index (χ0n) is 12.7. The van der Waals surface area contributed by atoms with Gasteiger partial charge in [-0.3, -0.25) is 0 Å². The molecule has 3 rings (SSSR count). The number of aromatic nitrogens is 2. The fourth-order valence-electron chi connectivity index (χ4n) is 3.00. The number of carbonyl (C=O) groups is 1. The van der Waals surface area contributed by atoms with Gasteiger partial charge in [0.25, 0.3) is 0 Å². The molecule has 3 N–H and O–H groups in total. The molecule has 7 nitrogen and oxygen atoms in total. The van der Waals surface area contributed by atoms with Gasteiger partial charge in [-0.1, -0.05) is 17.7 Å². The number of aliphatic hydroxyl groups excluding tert-OH is 2. The smallest absolute Gasteiger partial charge is 0.318 e. The normalized spacial score (nSPS) is 21.1. The Balaban J connectivity index is 1.72. The largest absolute Gasteiger partial charge is 0.394 e. The van der Waals surface area contributed by atoms with Gasteiger partial charge in [-0.2, -0.15) is 0 Å². The maximum absolute atomic E-state index is 12.3. The average molecular weight is 339 g/mol. The Morgan fingerprint density at radius 1 is 1.52 bits per heavy atom. The van der Waals surface area contributed by atoms with Gasteiger partial charge in [-0.05, 0) is 18.6 Å². The highest BCUT2D eigenvalue weighted by molar-refractivity contribution is 6.35. The number of nitrogens with one attached hydrogen (secondary N) is 1. The molecule has 2 aromatic rings. The van der Waals surface area contributed by atoms with Crippen molar-refractivity contribution in [3.8, 4) is 0 Å². The number of imidazole rings is 1. The number of para-hydroxylation sites is 1. The summed E-state index contributed by atoms with van der Waals surface area (Å²) < 4.78 is 1.85. The van der Waals surface area contributed by atoms with Gasteiger partial charge in [0.2, 0.25) is 0 Å². The van der Waals surface area contributed by atoms with Gasteiger partial charge in [-0.15, -0.1) is 0 Å². The zero-order valence-corrected chi connectivity index (χ0v) is 13.5. The summed E-state index contributed by atoms with van der Waals surface area (Å²) >= 11 is 6.18. The number of urea groups is 1. The molecule has 2 amide bonds. The lowest BCUT2D eigenvalue weighted by Crippen LogP contribution is -2.44. The van der Waals surface area contributed by atoms with Crippen molar-refractivity contribution < 1.29 is 15.0 Å². The van der Waals surface area contributed by atoms with Crippen LogP contribution in [-0.2, 0) is 13.6 Å². The van der Waals surface area contributed by atoms with Crippen LogP contribution >= 0.6 is 11.6 Å². The molecule has 2 atom stereocenters. The Morgan fingerprint density at radius 2 is 2.30 bits per heavy atom. The highest BCUT2D eigenvalue weighted by Gasteiger charge is 2.33. The minimum absolute atomic E-state index is 0.160. The summed E-state index contributed by atoms with van der Waals surface area (Å²) in [6.07, 6.45) is -0.196. The van der Waals surface area contributed by atoms with Crippen LogP contribution in [0.1, 0.15) is 12.2 Å². The number of amides is 2. The molecular formula is C15H19ClN4O3. The van der Waals surface area contributed by atoms with Gasteiger partial charge in [0.15, 0.2) is 0 Å². The molecular weight excluding hydrogens is 320 g/mol. The number of hydrogen-bond donors (Lipinski definition) is 3. The van der Waals surface area contributed by atoms with E-state index in [4.69, 9.17) is 11.6 Å². The van der Waals surface area contributed by atoms with Crippen molar-refractivity contribution in [2.45, 2.75) is 25.1 Å². The quantitative estimate of drug-likeness (QED) is 0.774. The molecule has 124 valence electrons. The molecule has 0 bridgehead atoms. The summed E-state index contributed by atoms with van der Waals surface area (Å²) in [6.45, 7) is 0.308. The van der Waals surface area contributed by atoms with E-state index in [2.05, 4.69) is 10.3 Å². The van der Waals surface area contributed by atoms with E-state index in [1.807, 2.05) is 23.7 Å². The van der Waals surface area contributed by atoms with Gasteiger partial charge in [0.05, 0.1) is 41.4 Å². The number of carbonyl (C=O) groups excluding carboxylic acids is 1. The summed E-state index contributed by atoms with van der Waals surface area (Å²) in [5.74, 6) is 0.682. The predicted molar refractivity (Wildman–Crippen MR) is 86.2 cm³/mol. The number of benzene rings is 1. The van der Waals surface area contributed by atoms with Crippen LogP contribution in [0.5, 0.6) is 0 Å². The van der Waals surface area contributed by atoms with E-state index in [1.165, 1.54) is 4.90 Å². The van der Waals surface area contributed by atoms with Crippen LogP contribution in [0, 0.1) is 0 Å². The topological polar surface area (TPSA) is 90.6 Å². The van der Waals surface area contributed by atoms with Crippen LogP contribution in [-0.4, -0.2) is 56.0 Å². The third-order valence-corrected chi connectivity index (χ3v) is 4.50. The molecule has 2 heterocycles. The fraction of sp³-hybridized carbons (Fsp3) is 0.467. The minimum atomic E-state index is -0.590. The van der Waals surface area contributed by atoms with Gasteiger partial charge in [0.1, 0.15) is 5.82 Å². The number of aliphatic hydroxyl groups is 2. The van der Waals surface area contributed by atoms with Crippen molar-refractivity contribution in [3.63, 3.8) is 0 Å². The van der Waals surface area contributed by atoms with Crippen molar-refractivity contribution in [1.82, 2.24) is 19.8 Å². The number of nitrogens with zero attached hydrogens (tertiary/aromatic N) is 3. The number of halogens is 1. The second kappa shape index (κ2) is 6.35. The standard InChI is InChI=1S/C15H19ClN4O3/c1-19-13(18-12-4-2-3-11(16)14(12)19)6-17-15(23)20-7-10(22)5-9(20)8-21/h2-4,9-10,21-22H,5-8H2,1H3,(H,17,23)/t9-,10-/m0/s1. The van der Waals surface area contributed by atoms with Crippen LogP contribution in [0.25, 0.3) is 11.0 Å². The second-order valence-electron chi connectivity index (χ2n) is 5.73.